The lowest BCUT2D eigenvalue weighted by molar-refractivity contribution is 0.273. The van der Waals surface area contributed by atoms with E-state index >= 15 is 0 Å². The summed E-state index contributed by atoms with van der Waals surface area (Å²) in [5, 5.41) is 0. The Balaban J connectivity index is 2.44. The molecule has 5 heteroatoms. The summed E-state index contributed by atoms with van der Waals surface area (Å²) in [6.45, 7) is 3.53. The summed E-state index contributed by atoms with van der Waals surface area (Å²) in [5.41, 5.74) is 6.28. The van der Waals surface area contributed by atoms with Crippen LogP contribution in [-0.4, -0.2) is 55.1 Å². The van der Waals surface area contributed by atoms with Gasteiger partial charge in [-0.2, -0.15) is 0 Å². The first-order valence-electron chi connectivity index (χ1n) is 5.78. The third kappa shape index (κ3) is 5.01. The maximum absolute atomic E-state index is 11.5. The Morgan fingerprint density at radius 1 is 1.18 bits per heavy atom. The van der Waals surface area contributed by atoms with Crippen molar-refractivity contribution in [1.29, 1.82) is 0 Å². The van der Waals surface area contributed by atoms with Gasteiger partial charge in [0.15, 0.2) is 0 Å². The summed E-state index contributed by atoms with van der Waals surface area (Å²) in [6, 6.07) is 3.14. The molecule has 0 fully saturated rings. The summed E-state index contributed by atoms with van der Waals surface area (Å²) < 4.78 is 1.65. The Morgan fingerprint density at radius 2 is 1.88 bits per heavy atom. The highest BCUT2D eigenvalue weighted by Crippen LogP contribution is 1.96. The first-order valence-corrected chi connectivity index (χ1v) is 5.78. The number of anilines is 1. The number of likely N-dealkylation sites (N-methyl/N-ethyl adjacent to an activating group) is 2. The van der Waals surface area contributed by atoms with Crippen LogP contribution in [-0.2, 0) is 6.54 Å². The van der Waals surface area contributed by atoms with Crippen LogP contribution in [0.2, 0.25) is 0 Å². The molecule has 1 aromatic rings. The fourth-order valence-electron chi connectivity index (χ4n) is 1.49. The summed E-state index contributed by atoms with van der Waals surface area (Å²) >= 11 is 0. The van der Waals surface area contributed by atoms with Crippen LogP contribution in [0.5, 0.6) is 0 Å². The van der Waals surface area contributed by atoms with E-state index < -0.39 is 0 Å². The van der Waals surface area contributed by atoms with Crippen LogP contribution in [0.4, 0.5) is 5.69 Å². The molecule has 1 rings (SSSR count). The van der Waals surface area contributed by atoms with Gasteiger partial charge in [-0.05, 0) is 27.2 Å². The fraction of sp³-hybridized carbons (Fsp3) is 0.583. The fourth-order valence-corrected chi connectivity index (χ4v) is 1.49. The minimum Gasteiger partial charge on any atom is -0.398 e. The van der Waals surface area contributed by atoms with Crippen molar-refractivity contribution >= 4 is 5.69 Å². The normalized spacial score (nSPS) is 11.4. The molecule has 0 aliphatic carbocycles. The maximum atomic E-state index is 11.5. The van der Waals surface area contributed by atoms with E-state index in [2.05, 4.69) is 30.9 Å². The summed E-state index contributed by atoms with van der Waals surface area (Å²) in [4.78, 5) is 15.9. The lowest BCUT2D eigenvalue weighted by Crippen LogP contribution is -2.32. The number of hydrogen-bond acceptors (Lipinski definition) is 4. The molecule has 0 unspecified atom stereocenters. The predicted octanol–water partition coefficient (Wildman–Crippen LogP) is -0.0761. The molecule has 96 valence electrons. The average Bonchev–Trinajstić information content (AvgIpc) is 2.27. The molecule has 5 nitrogen and oxygen atoms in total. The molecule has 0 aliphatic heterocycles. The molecule has 0 atom stereocenters. The highest BCUT2D eigenvalue weighted by Gasteiger charge is 2.01. The first-order chi connectivity index (χ1) is 7.99. The molecule has 0 aliphatic rings. The van der Waals surface area contributed by atoms with Crippen molar-refractivity contribution in [3.63, 3.8) is 0 Å². The molecule has 2 N–H and O–H groups in total. The summed E-state index contributed by atoms with van der Waals surface area (Å²) in [7, 11) is 6.16. The molecule has 0 saturated carbocycles. The van der Waals surface area contributed by atoms with Gasteiger partial charge in [0, 0.05) is 44.1 Å². The van der Waals surface area contributed by atoms with E-state index in [0.29, 0.717) is 12.2 Å². The molecule has 0 spiro atoms. The Bertz CT molecular complexity index is 400. The van der Waals surface area contributed by atoms with Crippen LogP contribution in [0, 0.1) is 0 Å². The standard InChI is InChI=1S/C12H22N4O/c1-14(2)6-7-15(3)8-9-16-10-11(13)4-5-12(16)17/h4-5,10H,6-9,13H2,1-3H3. The van der Waals surface area contributed by atoms with Crippen molar-refractivity contribution in [2.75, 3.05) is 46.5 Å². The minimum atomic E-state index is 0.000194. The number of nitrogens with two attached hydrogens (primary N) is 1. The zero-order valence-corrected chi connectivity index (χ0v) is 10.9. The van der Waals surface area contributed by atoms with Crippen molar-refractivity contribution in [2.45, 2.75) is 6.54 Å². The van der Waals surface area contributed by atoms with Crippen LogP contribution in [0.3, 0.4) is 0 Å². The highest BCUT2D eigenvalue weighted by molar-refractivity contribution is 5.33. The second-order valence-electron chi connectivity index (χ2n) is 4.60. The third-order valence-electron chi connectivity index (χ3n) is 2.66. The van der Waals surface area contributed by atoms with E-state index in [1.165, 1.54) is 6.07 Å². The van der Waals surface area contributed by atoms with Crippen molar-refractivity contribution in [3.8, 4) is 0 Å². The topological polar surface area (TPSA) is 54.5 Å². The first kappa shape index (κ1) is 13.7. The van der Waals surface area contributed by atoms with Crippen molar-refractivity contribution in [1.82, 2.24) is 14.4 Å². The Morgan fingerprint density at radius 3 is 2.53 bits per heavy atom. The van der Waals surface area contributed by atoms with Gasteiger partial charge in [0.2, 0.25) is 0 Å². The number of rotatable bonds is 6. The van der Waals surface area contributed by atoms with Crippen molar-refractivity contribution in [3.05, 3.63) is 28.7 Å². The highest BCUT2D eigenvalue weighted by atomic mass is 16.1. The molecule has 0 amide bonds. The van der Waals surface area contributed by atoms with E-state index in [9.17, 15) is 4.79 Å². The van der Waals surface area contributed by atoms with Gasteiger partial charge in [0.05, 0.1) is 0 Å². The van der Waals surface area contributed by atoms with Crippen LogP contribution in [0.15, 0.2) is 23.1 Å². The van der Waals surface area contributed by atoms with Crippen LogP contribution >= 0.6 is 0 Å². The van der Waals surface area contributed by atoms with Crippen LogP contribution in [0.1, 0.15) is 0 Å². The quantitative estimate of drug-likeness (QED) is 0.753. The van der Waals surface area contributed by atoms with Gasteiger partial charge < -0.3 is 20.1 Å². The lowest BCUT2D eigenvalue weighted by Gasteiger charge is -2.19. The van der Waals surface area contributed by atoms with Crippen molar-refractivity contribution in [2.24, 2.45) is 0 Å². The van der Waals surface area contributed by atoms with Crippen LogP contribution < -0.4 is 11.3 Å². The van der Waals surface area contributed by atoms with E-state index in [1.807, 2.05) is 0 Å². The molecule has 1 aromatic heterocycles. The van der Waals surface area contributed by atoms with Gasteiger partial charge in [0.1, 0.15) is 0 Å². The predicted molar refractivity (Wildman–Crippen MR) is 71.2 cm³/mol. The lowest BCUT2D eigenvalue weighted by atomic mass is 10.4. The van der Waals surface area contributed by atoms with Gasteiger partial charge in [-0.1, -0.05) is 0 Å². The zero-order chi connectivity index (χ0) is 12.8. The van der Waals surface area contributed by atoms with Crippen molar-refractivity contribution < 1.29 is 0 Å². The largest absolute Gasteiger partial charge is 0.398 e. The number of nitrogen functional groups attached to an aromatic ring is 1. The van der Waals surface area contributed by atoms with E-state index in [0.717, 1.165) is 19.6 Å². The van der Waals surface area contributed by atoms with Gasteiger partial charge in [-0.15, -0.1) is 0 Å². The summed E-state index contributed by atoms with van der Waals surface area (Å²) in [5.74, 6) is 0. The molecule has 17 heavy (non-hydrogen) atoms. The monoisotopic (exact) mass is 238 g/mol. The summed E-state index contributed by atoms with van der Waals surface area (Å²) in [6.07, 6.45) is 1.70. The molecule has 0 aromatic carbocycles. The Kier molecular flexibility index (Phi) is 5.18. The minimum absolute atomic E-state index is 0.000194. The molecular weight excluding hydrogens is 216 g/mol. The smallest absolute Gasteiger partial charge is 0.250 e. The third-order valence-corrected chi connectivity index (χ3v) is 2.66. The number of nitrogens with zero attached hydrogens (tertiary/aromatic N) is 3. The Hall–Kier alpha value is -1.33. The molecule has 0 saturated heterocycles. The molecule has 1 heterocycles. The number of aromatic nitrogens is 1. The van der Waals surface area contributed by atoms with Gasteiger partial charge in [0.25, 0.3) is 5.56 Å². The molecule has 0 bridgehead atoms. The number of hydrogen-bond donors (Lipinski definition) is 1. The van der Waals surface area contributed by atoms with Gasteiger partial charge >= 0.3 is 0 Å². The second kappa shape index (κ2) is 6.42. The van der Waals surface area contributed by atoms with E-state index in [1.54, 1.807) is 16.8 Å². The maximum Gasteiger partial charge on any atom is 0.250 e. The van der Waals surface area contributed by atoms with E-state index in [4.69, 9.17) is 5.73 Å². The van der Waals surface area contributed by atoms with Crippen LogP contribution in [0.25, 0.3) is 0 Å². The number of pyridine rings is 1. The molecule has 0 radical (unpaired) electrons. The average molecular weight is 238 g/mol. The van der Waals surface area contributed by atoms with Gasteiger partial charge in [-0.25, -0.2) is 0 Å². The second-order valence-corrected chi connectivity index (χ2v) is 4.60. The Labute approximate surface area is 102 Å². The molecular formula is C12H22N4O. The van der Waals surface area contributed by atoms with E-state index in [-0.39, 0.29) is 5.56 Å². The SMILES string of the molecule is CN(C)CCN(C)CCn1cc(N)ccc1=O. The van der Waals surface area contributed by atoms with Gasteiger partial charge in [-0.3, -0.25) is 4.79 Å². The zero-order valence-electron chi connectivity index (χ0n) is 10.9.